The second-order valence-corrected chi connectivity index (χ2v) is 5.94. The quantitative estimate of drug-likeness (QED) is 0.816. The van der Waals surface area contributed by atoms with Crippen molar-refractivity contribution in [2.24, 2.45) is 12.8 Å². The van der Waals surface area contributed by atoms with Crippen molar-refractivity contribution in [2.45, 2.75) is 39.8 Å². The molecule has 108 valence electrons. The van der Waals surface area contributed by atoms with E-state index in [-0.39, 0.29) is 18.0 Å². The summed E-state index contributed by atoms with van der Waals surface area (Å²) in [7, 11) is 3.72. The summed E-state index contributed by atoms with van der Waals surface area (Å²) in [6.07, 6.45) is 0. The van der Waals surface area contributed by atoms with E-state index in [1.54, 1.807) is 4.68 Å². The van der Waals surface area contributed by atoms with Crippen LogP contribution in [0.25, 0.3) is 0 Å². The van der Waals surface area contributed by atoms with E-state index in [0.717, 1.165) is 17.1 Å². The molecule has 1 rings (SSSR count). The Morgan fingerprint density at radius 2 is 2.05 bits per heavy atom. The Balaban J connectivity index is 3.00. The number of primary amides is 1. The lowest BCUT2D eigenvalue weighted by atomic mass is 10.1. The van der Waals surface area contributed by atoms with Gasteiger partial charge in [-0.25, -0.2) is 0 Å². The standard InChI is InChI=1S/C13H25N5O/c1-9-10(7-15-13(2,3)4)12(18(6)16-9)17(5)8-11(14)19/h15H,7-8H2,1-6H3,(H2,14,19). The monoisotopic (exact) mass is 267 g/mol. The van der Waals surface area contributed by atoms with Gasteiger partial charge in [0.25, 0.3) is 0 Å². The summed E-state index contributed by atoms with van der Waals surface area (Å²) < 4.78 is 1.79. The zero-order chi connectivity index (χ0) is 14.8. The van der Waals surface area contributed by atoms with Gasteiger partial charge in [0, 0.05) is 31.7 Å². The van der Waals surface area contributed by atoms with Crippen molar-refractivity contribution in [1.29, 1.82) is 0 Å². The molecule has 6 heteroatoms. The fourth-order valence-electron chi connectivity index (χ4n) is 2.04. The molecule has 0 bridgehead atoms. The molecule has 1 amide bonds. The lowest BCUT2D eigenvalue weighted by Gasteiger charge is -2.23. The first-order valence-corrected chi connectivity index (χ1v) is 6.38. The van der Waals surface area contributed by atoms with Gasteiger partial charge >= 0.3 is 0 Å². The molecule has 1 aromatic rings. The van der Waals surface area contributed by atoms with Crippen LogP contribution in [0, 0.1) is 6.92 Å². The molecule has 0 saturated heterocycles. The lowest BCUT2D eigenvalue weighted by molar-refractivity contribution is -0.116. The normalized spacial score (nSPS) is 11.7. The summed E-state index contributed by atoms with van der Waals surface area (Å²) in [5.41, 5.74) is 7.35. The smallest absolute Gasteiger partial charge is 0.236 e. The summed E-state index contributed by atoms with van der Waals surface area (Å²) in [5, 5.41) is 7.87. The molecule has 0 radical (unpaired) electrons. The summed E-state index contributed by atoms with van der Waals surface area (Å²) in [6.45, 7) is 9.22. The Bertz CT molecular complexity index is 458. The molecule has 1 heterocycles. The van der Waals surface area contributed by atoms with E-state index in [1.165, 1.54) is 0 Å². The summed E-state index contributed by atoms with van der Waals surface area (Å²) in [5.74, 6) is 0.573. The van der Waals surface area contributed by atoms with Crippen LogP contribution in [0.4, 0.5) is 5.82 Å². The predicted molar refractivity (Wildman–Crippen MR) is 77.0 cm³/mol. The third kappa shape index (κ3) is 4.24. The van der Waals surface area contributed by atoms with Crippen molar-refractivity contribution in [2.75, 3.05) is 18.5 Å². The highest BCUT2D eigenvalue weighted by Gasteiger charge is 2.19. The predicted octanol–water partition coefficient (Wildman–Crippen LogP) is 0.538. The van der Waals surface area contributed by atoms with Crippen molar-refractivity contribution < 1.29 is 4.79 Å². The Morgan fingerprint density at radius 3 is 2.53 bits per heavy atom. The number of aromatic nitrogens is 2. The number of nitrogens with zero attached hydrogens (tertiary/aromatic N) is 3. The molecule has 19 heavy (non-hydrogen) atoms. The summed E-state index contributed by atoms with van der Waals surface area (Å²) in [4.78, 5) is 12.9. The van der Waals surface area contributed by atoms with E-state index in [4.69, 9.17) is 5.73 Å². The molecule has 0 fully saturated rings. The van der Waals surface area contributed by atoms with Crippen LogP contribution >= 0.6 is 0 Å². The molecule has 0 atom stereocenters. The number of rotatable bonds is 5. The number of nitrogens with two attached hydrogens (primary N) is 1. The largest absolute Gasteiger partial charge is 0.368 e. The fourth-order valence-corrected chi connectivity index (χ4v) is 2.04. The molecule has 0 unspecified atom stereocenters. The molecule has 0 aliphatic rings. The van der Waals surface area contributed by atoms with Gasteiger partial charge in [-0.3, -0.25) is 9.48 Å². The van der Waals surface area contributed by atoms with Crippen molar-refractivity contribution in [3.8, 4) is 0 Å². The highest BCUT2D eigenvalue weighted by atomic mass is 16.1. The van der Waals surface area contributed by atoms with Gasteiger partial charge in [-0.05, 0) is 27.7 Å². The van der Waals surface area contributed by atoms with E-state index in [1.807, 2.05) is 25.9 Å². The Labute approximate surface area is 114 Å². The number of anilines is 1. The molecule has 1 aromatic heterocycles. The van der Waals surface area contributed by atoms with E-state index < -0.39 is 0 Å². The van der Waals surface area contributed by atoms with Gasteiger partial charge in [0.15, 0.2) is 0 Å². The molecule has 0 saturated carbocycles. The average Bonchev–Trinajstić information content (AvgIpc) is 2.48. The van der Waals surface area contributed by atoms with E-state index >= 15 is 0 Å². The Hall–Kier alpha value is -1.56. The maximum Gasteiger partial charge on any atom is 0.236 e. The zero-order valence-corrected chi connectivity index (χ0v) is 12.7. The van der Waals surface area contributed by atoms with E-state index in [2.05, 4.69) is 31.2 Å². The molecule has 3 N–H and O–H groups in total. The highest BCUT2D eigenvalue weighted by Crippen LogP contribution is 2.22. The van der Waals surface area contributed by atoms with E-state index in [9.17, 15) is 4.79 Å². The molecule has 0 aromatic carbocycles. The lowest BCUT2D eigenvalue weighted by Crippen LogP contribution is -2.36. The Kier molecular flexibility index (Phi) is 4.57. The maximum absolute atomic E-state index is 11.1. The van der Waals surface area contributed by atoms with Gasteiger partial charge in [-0.2, -0.15) is 5.10 Å². The number of carbonyl (C=O) groups is 1. The van der Waals surface area contributed by atoms with Gasteiger partial charge in [0.2, 0.25) is 5.91 Å². The maximum atomic E-state index is 11.1. The molecule has 0 aliphatic heterocycles. The van der Waals surface area contributed by atoms with Crippen LogP contribution in [0.3, 0.4) is 0 Å². The number of nitrogens with one attached hydrogen (secondary N) is 1. The molecule has 0 spiro atoms. The number of hydrogen-bond acceptors (Lipinski definition) is 4. The van der Waals surface area contributed by atoms with Gasteiger partial charge < -0.3 is 16.0 Å². The fraction of sp³-hybridized carbons (Fsp3) is 0.692. The van der Waals surface area contributed by atoms with Crippen LogP contribution in [0.2, 0.25) is 0 Å². The number of hydrogen-bond donors (Lipinski definition) is 2. The third-order valence-corrected chi connectivity index (χ3v) is 2.86. The minimum absolute atomic E-state index is 0.0296. The second-order valence-electron chi connectivity index (χ2n) is 5.94. The molecular weight excluding hydrogens is 242 g/mol. The minimum Gasteiger partial charge on any atom is -0.368 e. The number of carbonyl (C=O) groups excluding carboxylic acids is 1. The van der Waals surface area contributed by atoms with Crippen LogP contribution in [0.1, 0.15) is 32.0 Å². The van der Waals surface area contributed by atoms with Gasteiger partial charge in [-0.1, -0.05) is 0 Å². The van der Waals surface area contributed by atoms with E-state index in [0.29, 0.717) is 6.54 Å². The third-order valence-electron chi connectivity index (χ3n) is 2.86. The second kappa shape index (κ2) is 5.61. The van der Waals surface area contributed by atoms with Crippen molar-refractivity contribution in [3.63, 3.8) is 0 Å². The zero-order valence-electron chi connectivity index (χ0n) is 12.7. The number of likely N-dealkylation sites (N-methyl/N-ethyl adjacent to an activating group) is 1. The van der Waals surface area contributed by atoms with Crippen molar-refractivity contribution in [1.82, 2.24) is 15.1 Å². The summed E-state index contributed by atoms with van der Waals surface area (Å²) >= 11 is 0. The molecular formula is C13H25N5O. The van der Waals surface area contributed by atoms with Gasteiger partial charge in [-0.15, -0.1) is 0 Å². The van der Waals surface area contributed by atoms with Crippen molar-refractivity contribution >= 4 is 11.7 Å². The number of aryl methyl sites for hydroxylation is 2. The van der Waals surface area contributed by atoms with Crippen LogP contribution in [0.5, 0.6) is 0 Å². The van der Waals surface area contributed by atoms with Crippen molar-refractivity contribution in [3.05, 3.63) is 11.3 Å². The first-order chi connectivity index (χ1) is 8.61. The first-order valence-electron chi connectivity index (χ1n) is 6.38. The number of amides is 1. The minimum atomic E-state index is -0.351. The first kappa shape index (κ1) is 15.5. The van der Waals surface area contributed by atoms with Gasteiger partial charge in [0.05, 0.1) is 12.2 Å². The highest BCUT2D eigenvalue weighted by molar-refractivity contribution is 5.79. The van der Waals surface area contributed by atoms with Crippen LogP contribution < -0.4 is 16.0 Å². The van der Waals surface area contributed by atoms with Gasteiger partial charge in [0.1, 0.15) is 5.82 Å². The summed E-state index contributed by atoms with van der Waals surface area (Å²) in [6, 6.07) is 0. The molecule has 6 nitrogen and oxygen atoms in total. The topological polar surface area (TPSA) is 76.2 Å². The van der Waals surface area contributed by atoms with Crippen LogP contribution in [-0.4, -0.2) is 34.8 Å². The average molecular weight is 267 g/mol. The SMILES string of the molecule is Cc1nn(C)c(N(C)CC(N)=O)c1CNC(C)(C)C. The molecule has 0 aliphatic carbocycles. The van der Waals surface area contributed by atoms with Crippen LogP contribution in [-0.2, 0) is 18.4 Å². The van der Waals surface area contributed by atoms with Crippen LogP contribution in [0.15, 0.2) is 0 Å². The Morgan fingerprint density at radius 1 is 1.47 bits per heavy atom.